The van der Waals surface area contributed by atoms with Crippen molar-refractivity contribution in [3.05, 3.63) is 81.7 Å². The third-order valence-corrected chi connectivity index (χ3v) is 6.42. The third-order valence-electron chi connectivity index (χ3n) is 4.56. The van der Waals surface area contributed by atoms with Crippen LogP contribution in [0.1, 0.15) is 18.2 Å². The first-order chi connectivity index (χ1) is 14.6. The summed E-state index contributed by atoms with van der Waals surface area (Å²) in [4.78, 5) is 34.4. The standard InChI is InChI=1S/C22H20N4O2S2/c1-2-15-6-8-16(9-7-15)24-19(27)14-30-22-25-18-10-12-29-20(18)21(28)26(22)13-17-5-3-4-11-23-17/h3-12H,2,13-14H2,1H3,(H,24,27). The minimum Gasteiger partial charge on any atom is -0.325 e. The molecule has 3 heterocycles. The predicted octanol–water partition coefficient (Wildman–Crippen LogP) is 4.19. The number of nitrogens with one attached hydrogen (secondary N) is 1. The molecule has 1 amide bonds. The maximum atomic E-state index is 13.0. The van der Waals surface area contributed by atoms with Crippen LogP contribution in [0.2, 0.25) is 0 Å². The van der Waals surface area contributed by atoms with Crippen molar-refractivity contribution in [3.63, 3.8) is 0 Å². The number of thiophene rings is 1. The van der Waals surface area contributed by atoms with Crippen molar-refractivity contribution >= 4 is 44.9 Å². The zero-order valence-corrected chi connectivity index (χ0v) is 18.0. The fourth-order valence-electron chi connectivity index (χ4n) is 2.98. The molecule has 0 atom stereocenters. The summed E-state index contributed by atoms with van der Waals surface area (Å²) in [5.41, 5.74) is 3.28. The number of amides is 1. The lowest BCUT2D eigenvalue weighted by atomic mass is 10.1. The molecule has 30 heavy (non-hydrogen) atoms. The van der Waals surface area contributed by atoms with Gasteiger partial charge in [0.25, 0.3) is 5.56 Å². The van der Waals surface area contributed by atoms with Gasteiger partial charge in [-0.25, -0.2) is 4.98 Å². The minimum atomic E-state index is -0.145. The maximum Gasteiger partial charge on any atom is 0.272 e. The number of carbonyl (C=O) groups excluding carboxylic acids is 1. The number of carbonyl (C=O) groups is 1. The quantitative estimate of drug-likeness (QED) is 0.347. The predicted molar refractivity (Wildman–Crippen MR) is 122 cm³/mol. The van der Waals surface area contributed by atoms with Gasteiger partial charge in [0.05, 0.1) is 23.5 Å². The Bertz CT molecular complexity index is 1220. The van der Waals surface area contributed by atoms with E-state index in [0.717, 1.165) is 17.8 Å². The van der Waals surface area contributed by atoms with E-state index in [1.165, 1.54) is 28.7 Å². The Kier molecular flexibility index (Phi) is 6.25. The van der Waals surface area contributed by atoms with Crippen molar-refractivity contribution in [2.45, 2.75) is 25.0 Å². The molecule has 0 spiro atoms. The monoisotopic (exact) mass is 436 g/mol. The van der Waals surface area contributed by atoms with E-state index in [4.69, 9.17) is 0 Å². The van der Waals surface area contributed by atoms with Crippen LogP contribution >= 0.6 is 23.1 Å². The topological polar surface area (TPSA) is 76.9 Å². The SMILES string of the molecule is CCc1ccc(NC(=O)CSc2nc3ccsc3c(=O)n2Cc2ccccn2)cc1. The zero-order chi connectivity index (χ0) is 20.9. The summed E-state index contributed by atoms with van der Waals surface area (Å²) in [7, 11) is 0. The lowest BCUT2D eigenvalue weighted by Gasteiger charge is -2.12. The number of anilines is 1. The third kappa shape index (κ3) is 4.60. The average Bonchev–Trinajstić information content (AvgIpc) is 3.25. The van der Waals surface area contributed by atoms with Gasteiger partial charge in [0.2, 0.25) is 5.91 Å². The minimum absolute atomic E-state index is 0.112. The highest BCUT2D eigenvalue weighted by Gasteiger charge is 2.15. The van der Waals surface area contributed by atoms with Crippen LogP contribution in [-0.4, -0.2) is 26.2 Å². The van der Waals surface area contributed by atoms with Gasteiger partial charge in [-0.1, -0.05) is 36.9 Å². The van der Waals surface area contributed by atoms with E-state index in [-0.39, 0.29) is 17.2 Å². The number of aryl methyl sites for hydroxylation is 1. The molecule has 3 aromatic heterocycles. The van der Waals surface area contributed by atoms with Gasteiger partial charge in [0.1, 0.15) is 4.70 Å². The van der Waals surface area contributed by atoms with Gasteiger partial charge in [-0.15, -0.1) is 11.3 Å². The number of aromatic nitrogens is 3. The molecule has 0 saturated heterocycles. The molecule has 4 aromatic rings. The van der Waals surface area contributed by atoms with Crippen LogP contribution in [0.15, 0.2) is 70.1 Å². The Balaban J connectivity index is 1.54. The number of nitrogens with zero attached hydrogens (tertiary/aromatic N) is 3. The Morgan fingerprint density at radius 3 is 2.73 bits per heavy atom. The van der Waals surface area contributed by atoms with Crippen LogP contribution in [0.5, 0.6) is 0 Å². The fraction of sp³-hybridized carbons (Fsp3) is 0.182. The number of benzene rings is 1. The molecule has 0 unspecified atom stereocenters. The van der Waals surface area contributed by atoms with Gasteiger partial charge >= 0.3 is 0 Å². The second kappa shape index (κ2) is 9.23. The number of pyridine rings is 1. The Morgan fingerprint density at radius 1 is 1.17 bits per heavy atom. The van der Waals surface area contributed by atoms with Gasteiger partial charge in [0, 0.05) is 11.9 Å². The van der Waals surface area contributed by atoms with Crippen LogP contribution in [0.25, 0.3) is 10.2 Å². The molecule has 1 aromatic carbocycles. The van der Waals surface area contributed by atoms with E-state index in [0.29, 0.717) is 21.9 Å². The van der Waals surface area contributed by atoms with Crippen LogP contribution in [0, 0.1) is 0 Å². The van der Waals surface area contributed by atoms with E-state index in [2.05, 4.69) is 22.2 Å². The number of rotatable bonds is 7. The highest BCUT2D eigenvalue weighted by molar-refractivity contribution is 7.99. The lowest BCUT2D eigenvalue weighted by Crippen LogP contribution is -2.24. The first-order valence-electron chi connectivity index (χ1n) is 9.53. The number of hydrogen-bond acceptors (Lipinski definition) is 6. The molecule has 0 radical (unpaired) electrons. The molecule has 0 bridgehead atoms. The molecular weight excluding hydrogens is 416 g/mol. The average molecular weight is 437 g/mol. The molecular formula is C22H20N4O2S2. The summed E-state index contributed by atoms with van der Waals surface area (Å²) in [6.45, 7) is 2.40. The van der Waals surface area contributed by atoms with Crippen LogP contribution in [-0.2, 0) is 17.8 Å². The van der Waals surface area contributed by atoms with E-state index in [9.17, 15) is 9.59 Å². The largest absolute Gasteiger partial charge is 0.325 e. The summed E-state index contributed by atoms with van der Waals surface area (Å²) in [6.07, 6.45) is 2.65. The zero-order valence-electron chi connectivity index (χ0n) is 16.4. The van der Waals surface area contributed by atoms with Gasteiger partial charge in [-0.3, -0.25) is 19.1 Å². The first kappa shape index (κ1) is 20.3. The molecule has 4 rings (SSSR count). The van der Waals surface area contributed by atoms with Crippen molar-refractivity contribution in [3.8, 4) is 0 Å². The van der Waals surface area contributed by atoms with Crippen LogP contribution in [0.3, 0.4) is 0 Å². The van der Waals surface area contributed by atoms with E-state index in [1.54, 1.807) is 10.8 Å². The number of thioether (sulfide) groups is 1. The molecule has 6 nitrogen and oxygen atoms in total. The summed E-state index contributed by atoms with van der Waals surface area (Å²) in [5, 5.41) is 5.25. The molecule has 1 N–H and O–H groups in total. The van der Waals surface area contributed by atoms with E-state index in [1.807, 2.05) is 53.9 Å². The molecule has 8 heteroatoms. The normalized spacial score (nSPS) is 11.0. The molecule has 0 aliphatic rings. The summed E-state index contributed by atoms with van der Waals surface area (Å²) in [6, 6.07) is 15.2. The van der Waals surface area contributed by atoms with Gasteiger partial charge in [-0.2, -0.15) is 0 Å². The maximum absolute atomic E-state index is 13.0. The molecule has 0 fully saturated rings. The van der Waals surface area contributed by atoms with Gasteiger partial charge in [0.15, 0.2) is 5.16 Å². The summed E-state index contributed by atoms with van der Waals surface area (Å²) >= 11 is 2.62. The van der Waals surface area contributed by atoms with Gasteiger partial charge in [-0.05, 0) is 47.7 Å². The Labute approximate surface area is 182 Å². The number of hydrogen-bond donors (Lipinski definition) is 1. The molecule has 0 aliphatic carbocycles. The van der Waals surface area contributed by atoms with Crippen LogP contribution in [0.4, 0.5) is 5.69 Å². The molecule has 0 saturated carbocycles. The van der Waals surface area contributed by atoms with E-state index < -0.39 is 0 Å². The highest BCUT2D eigenvalue weighted by atomic mass is 32.2. The van der Waals surface area contributed by atoms with Crippen molar-refractivity contribution < 1.29 is 4.79 Å². The van der Waals surface area contributed by atoms with Crippen molar-refractivity contribution in [2.24, 2.45) is 0 Å². The van der Waals surface area contributed by atoms with Crippen molar-refractivity contribution in [1.29, 1.82) is 0 Å². The van der Waals surface area contributed by atoms with Crippen molar-refractivity contribution in [1.82, 2.24) is 14.5 Å². The smallest absolute Gasteiger partial charge is 0.272 e. The lowest BCUT2D eigenvalue weighted by molar-refractivity contribution is -0.113. The van der Waals surface area contributed by atoms with Gasteiger partial charge < -0.3 is 5.32 Å². The molecule has 0 aliphatic heterocycles. The first-order valence-corrected chi connectivity index (χ1v) is 11.4. The fourth-order valence-corrected chi connectivity index (χ4v) is 4.55. The van der Waals surface area contributed by atoms with E-state index >= 15 is 0 Å². The summed E-state index contributed by atoms with van der Waals surface area (Å²) in [5.74, 6) is 0.00752. The summed E-state index contributed by atoms with van der Waals surface area (Å²) < 4.78 is 2.20. The highest BCUT2D eigenvalue weighted by Crippen LogP contribution is 2.22. The van der Waals surface area contributed by atoms with Crippen LogP contribution < -0.4 is 10.9 Å². The molecule has 152 valence electrons. The Hall–Kier alpha value is -2.97. The van der Waals surface area contributed by atoms with Crippen molar-refractivity contribution in [2.75, 3.05) is 11.1 Å². The second-order valence-corrected chi connectivity index (χ2v) is 8.49. The second-order valence-electron chi connectivity index (χ2n) is 6.63. The Morgan fingerprint density at radius 2 is 2.00 bits per heavy atom. The number of fused-ring (bicyclic) bond motifs is 1.